The van der Waals surface area contributed by atoms with Crippen molar-refractivity contribution < 1.29 is 4.79 Å². The molecule has 1 aromatic rings. The van der Waals surface area contributed by atoms with Crippen LogP contribution in [-0.4, -0.2) is 35.4 Å². The van der Waals surface area contributed by atoms with Gasteiger partial charge in [0.2, 0.25) is 0 Å². The number of thiophene rings is 1. The van der Waals surface area contributed by atoms with Gasteiger partial charge in [-0.15, -0.1) is 23.1 Å². The van der Waals surface area contributed by atoms with Gasteiger partial charge < -0.3 is 0 Å². The Labute approximate surface area is 92.3 Å². The highest BCUT2D eigenvalue weighted by atomic mass is 32.2. The number of thioether (sulfide) groups is 1. The maximum atomic E-state index is 11.6. The van der Waals surface area contributed by atoms with Crippen molar-refractivity contribution >= 4 is 28.9 Å². The summed E-state index contributed by atoms with van der Waals surface area (Å²) in [5, 5.41) is 1.96. The van der Waals surface area contributed by atoms with Crippen molar-refractivity contribution in [3.8, 4) is 0 Å². The molecule has 1 saturated heterocycles. The van der Waals surface area contributed by atoms with Gasteiger partial charge >= 0.3 is 0 Å². The molecule has 1 fully saturated rings. The molecule has 0 amide bonds. The van der Waals surface area contributed by atoms with Crippen LogP contribution in [0.3, 0.4) is 0 Å². The fraction of sp³-hybridized carbons (Fsp3) is 0.500. The molecule has 0 bridgehead atoms. The number of hydrogen-bond donors (Lipinski definition) is 0. The predicted octanol–water partition coefficient (Wildman–Crippen LogP) is 2.33. The lowest BCUT2D eigenvalue weighted by Crippen LogP contribution is -2.22. The van der Waals surface area contributed by atoms with E-state index in [1.165, 1.54) is 5.75 Å². The van der Waals surface area contributed by atoms with Crippen LogP contribution in [0.25, 0.3) is 0 Å². The van der Waals surface area contributed by atoms with E-state index >= 15 is 0 Å². The average Bonchev–Trinajstić information content (AvgIpc) is 2.87. The standard InChI is InChI=1S/C10H13NOS2/c12-9(10-2-1-6-14-10)3-4-11-5-7-13-8-11/h1-2,6H,3-5,7-8H2. The first-order valence-electron chi connectivity index (χ1n) is 4.73. The Bertz CT molecular complexity index is 291. The second-order valence-corrected chi connectivity index (χ2v) is 5.33. The highest BCUT2D eigenvalue weighted by Gasteiger charge is 2.14. The molecule has 0 radical (unpaired) electrons. The molecule has 0 aliphatic carbocycles. The van der Waals surface area contributed by atoms with Gasteiger partial charge in [-0.25, -0.2) is 0 Å². The van der Waals surface area contributed by atoms with E-state index in [1.54, 1.807) is 11.3 Å². The molecular formula is C10H13NOS2. The normalized spacial score (nSPS) is 17.4. The lowest BCUT2D eigenvalue weighted by atomic mass is 10.2. The van der Waals surface area contributed by atoms with Gasteiger partial charge in [0.05, 0.1) is 4.88 Å². The van der Waals surface area contributed by atoms with Crippen LogP contribution >= 0.6 is 23.1 Å². The van der Waals surface area contributed by atoms with Gasteiger partial charge in [-0.2, -0.15) is 0 Å². The summed E-state index contributed by atoms with van der Waals surface area (Å²) in [5.41, 5.74) is 0. The smallest absolute Gasteiger partial charge is 0.174 e. The van der Waals surface area contributed by atoms with E-state index in [9.17, 15) is 4.79 Å². The quantitative estimate of drug-likeness (QED) is 0.736. The number of Topliss-reactive ketones (excluding diaryl/α,β-unsaturated/α-hetero) is 1. The molecule has 2 nitrogen and oxygen atoms in total. The predicted molar refractivity (Wildman–Crippen MR) is 62.2 cm³/mol. The van der Waals surface area contributed by atoms with Crippen molar-refractivity contribution in [3.05, 3.63) is 22.4 Å². The molecule has 0 N–H and O–H groups in total. The second-order valence-electron chi connectivity index (χ2n) is 3.31. The van der Waals surface area contributed by atoms with E-state index in [0.29, 0.717) is 6.42 Å². The van der Waals surface area contributed by atoms with E-state index < -0.39 is 0 Å². The third-order valence-electron chi connectivity index (χ3n) is 2.28. The summed E-state index contributed by atoms with van der Waals surface area (Å²) in [6, 6.07) is 3.84. The third kappa shape index (κ3) is 2.59. The number of carbonyl (C=O) groups is 1. The number of hydrogen-bond acceptors (Lipinski definition) is 4. The summed E-state index contributed by atoms with van der Waals surface area (Å²) in [6.45, 7) is 2.06. The number of carbonyl (C=O) groups excluding carboxylic acids is 1. The minimum absolute atomic E-state index is 0.289. The molecule has 1 aliphatic rings. The molecule has 1 aliphatic heterocycles. The summed E-state index contributed by atoms with van der Waals surface area (Å²) in [5.74, 6) is 2.60. The topological polar surface area (TPSA) is 20.3 Å². The van der Waals surface area contributed by atoms with E-state index in [0.717, 1.165) is 23.8 Å². The molecule has 76 valence electrons. The fourth-order valence-corrected chi connectivity index (χ4v) is 3.18. The largest absolute Gasteiger partial charge is 0.293 e. The third-order valence-corrected chi connectivity index (χ3v) is 4.21. The lowest BCUT2D eigenvalue weighted by molar-refractivity contribution is 0.0974. The summed E-state index contributed by atoms with van der Waals surface area (Å²) < 4.78 is 0. The minimum atomic E-state index is 0.289. The minimum Gasteiger partial charge on any atom is -0.293 e. The zero-order chi connectivity index (χ0) is 9.80. The Morgan fingerprint density at radius 2 is 2.50 bits per heavy atom. The van der Waals surface area contributed by atoms with Gasteiger partial charge in [0.15, 0.2) is 5.78 Å². The zero-order valence-corrected chi connectivity index (χ0v) is 9.57. The molecule has 4 heteroatoms. The molecule has 2 rings (SSSR count). The van der Waals surface area contributed by atoms with Crippen molar-refractivity contribution in [1.29, 1.82) is 0 Å². The van der Waals surface area contributed by atoms with Gasteiger partial charge in [0.1, 0.15) is 0 Å². The fourth-order valence-electron chi connectivity index (χ4n) is 1.45. The lowest BCUT2D eigenvalue weighted by Gasteiger charge is -2.11. The maximum Gasteiger partial charge on any atom is 0.174 e. The van der Waals surface area contributed by atoms with E-state index in [1.807, 2.05) is 29.3 Å². The molecule has 0 aromatic carbocycles. The molecule has 14 heavy (non-hydrogen) atoms. The van der Waals surface area contributed by atoms with Crippen LogP contribution in [0.5, 0.6) is 0 Å². The summed E-state index contributed by atoms with van der Waals surface area (Å²) in [4.78, 5) is 14.9. The first-order valence-corrected chi connectivity index (χ1v) is 6.76. The second kappa shape index (κ2) is 4.96. The van der Waals surface area contributed by atoms with E-state index in [-0.39, 0.29) is 5.78 Å². The Balaban J connectivity index is 1.78. The number of nitrogens with zero attached hydrogens (tertiary/aromatic N) is 1. The van der Waals surface area contributed by atoms with Crippen LogP contribution in [0, 0.1) is 0 Å². The summed E-state index contributed by atoms with van der Waals surface area (Å²) >= 11 is 3.49. The summed E-state index contributed by atoms with van der Waals surface area (Å²) in [6.07, 6.45) is 0.668. The zero-order valence-electron chi connectivity index (χ0n) is 7.94. The van der Waals surface area contributed by atoms with Crippen molar-refractivity contribution in [2.45, 2.75) is 6.42 Å². The van der Waals surface area contributed by atoms with Crippen LogP contribution in [0.1, 0.15) is 16.1 Å². The van der Waals surface area contributed by atoms with Crippen molar-refractivity contribution in [3.63, 3.8) is 0 Å². The molecule has 0 atom stereocenters. The van der Waals surface area contributed by atoms with Crippen molar-refractivity contribution in [2.75, 3.05) is 24.7 Å². The van der Waals surface area contributed by atoms with E-state index in [2.05, 4.69) is 4.90 Å². The Hall–Kier alpha value is -0.320. The first-order chi connectivity index (χ1) is 6.86. The monoisotopic (exact) mass is 227 g/mol. The van der Waals surface area contributed by atoms with Crippen LogP contribution < -0.4 is 0 Å². The van der Waals surface area contributed by atoms with Crippen molar-refractivity contribution in [2.24, 2.45) is 0 Å². The van der Waals surface area contributed by atoms with Crippen LogP contribution in [0.2, 0.25) is 0 Å². The van der Waals surface area contributed by atoms with Crippen molar-refractivity contribution in [1.82, 2.24) is 4.90 Å². The molecule has 0 spiro atoms. The first kappa shape index (κ1) is 10.2. The van der Waals surface area contributed by atoms with Gasteiger partial charge in [0, 0.05) is 31.1 Å². The molecule has 0 unspecified atom stereocenters. The molecule has 1 aromatic heterocycles. The Kier molecular flexibility index (Phi) is 3.61. The van der Waals surface area contributed by atoms with Gasteiger partial charge in [-0.3, -0.25) is 9.69 Å². The van der Waals surface area contributed by atoms with Gasteiger partial charge in [-0.1, -0.05) is 6.07 Å². The Morgan fingerprint density at radius 3 is 3.14 bits per heavy atom. The average molecular weight is 227 g/mol. The van der Waals surface area contributed by atoms with Crippen LogP contribution in [-0.2, 0) is 0 Å². The van der Waals surface area contributed by atoms with Gasteiger partial charge in [0.25, 0.3) is 0 Å². The molecule has 2 heterocycles. The molecule has 0 saturated carbocycles. The van der Waals surface area contributed by atoms with Gasteiger partial charge in [-0.05, 0) is 11.4 Å². The number of rotatable bonds is 4. The van der Waals surface area contributed by atoms with E-state index in [4.69, 9.17) is 0 Å². The number of ketones is 1. The highest BCUT2D eigenvalue weighted by Crippen LogP contribution is 2.15. The molecular weight excluding hydrogens is 214 g/mol. The Morgan fingerprint density at radius 1 is 1.57 bits per heavy atom. The van der Waals surface area contributed by atoms with Crippen LogP contribution in [0.4, 0.5) is 0 Å². The maximum absolute atomic E-state index is 11.6. The summed E-state index contributed by atoms with van der Waals surface area (Å²) in [7, 11) is 0. The van der Waals surface area contributed by atoms with Crippen LogP contribution in [0.15, 0.2) is 17.5 Å². The highest BCUT2D eigenvalue weighted by molar-refractivity contribution is 7.99. The SMILES string of the molecule is O=C(CCN1CCSC1)c1cccs1.